The number of ether oxygens (including phenoxy) is 2. The van der Waals surface area contributed by atoms with E-state index in [2.05, 4.69) is 10.6 Å². The van der Waals surface area contributed by atoms with Gasteiger partial charge in [-0.25, -0.2) is 9.59 Å². The molecule has 0 aromatic heterocycles. The van der Waals surface area contributed by atoms with E-state index < -0.39 is 29.8 Å². The van der Waals surface area contributed by atoms with Gasteiger partial charge in [0.15, 0.2) is 0 Å². The summed E-state index contributed by atoms with van der Waals surface area (Å²) >= 11 is 0. The zero-order valence-corrected chi connectivity index (χ0v) is 18.6. The highest BCUT2D eigenvalue weighted by molar-refractivity contribution is 5.89. The molecule has 2 rings (SSSR count). The molecule has 2 atom stereocenters. The van der Waals surface area contributed by atoms with Gasteiger partial charge in [-0.2, -0.15) is 0 Å². The average Bonchev–Trinajstić information content (AvgIpc) is 2.72. The minimum absolute atomic E-state index is 0.246. The third kappa shape index (κ3) is 8.78. The first kappa shape index (κ1) is 24.4. The van der Waals surface area contributed by atoms with Gasteiger partial charge in [0.2, 0.25) is 0 Å². The number of hydrogen-bond donors (Lipinski definition) is 3. The maximum Gasteiger partial charge on any atom is 0.407 e. The Balaban J connectivity index is 1.98. The lowest BCUT2D eigenvalue weighted by Gasteiger charge is -2.27. The molecule has 0 spiro atoms. The number of rotatable bonds is 9. The number of aliphatic hydroxyl groups excluding tert-OH is 1. The summed E-state index contributed by atoms with van der Waals surface area (Å²) < 4.78 is 10.1. The second-order valence-corrected chi connectivity index (χ2v) is 8.33. The zero-order chi connectivity index (χ0) is 22.9. The standard InChI is InChI=1S/C24H32N2O5/c1-24(2,3)31-23(29)26-20(14-17-9-6-5-7-10-17)21(27)16-25-15-18-11-8-12-19(13-18)22(28)30-4/h5-13,20-21,25,27H,14-16H2,1-4H3,(H,26,29). The van der Waals surface area contributed by atoms with Gasteiger partial charge in [-0.15, -0.1) is 0 Å². The summed E-state index contributed by atoms with van der Waals surface area (Å²) in [7, 11) is 1.34. The Kier molecular flexibility index (Phi) is 9.03. The SMILES string of the molecule is COC(=O)c1cccc(CNCC(O)C(Cc2ccccc2)NC(=O)OC(C)(C)C)c1. The van der Waals surface area contributed by atoms with Crippen molar-refractivity contribution in [3.63, 3.8) is 0 Å². The monoisotopic (exact) mass is 428 g/mol. The fourth-order valence-corrected chi connectivity index (χ4v) is 3.04. The Bertz CT molecular complexity index is 849. The van der Waals surface area contributed by atoms with Crippen LogP contribution in [0.2, 0.25) is 0 Å². The highest BCUT2D eigenvalue weighted by atomic mass is 16.6. The van der Waals surface area contributed by atoms with Crippen LogP contribution in [-0.2, 0) is 22.4 Å². The molecule has 7 heteroatoms. The first-order valence-electron chi connectivity index (χ1n) is 10.3. The summed E-state index contributed by atoms with van der Waals surface area (Å²) in [6, 6.07) is 16.2. The van der Waals surface area contributed by atoms with Gasteiger partial charge in [-0.05, 0) is 50.5 Å². The van der Waals surface area contributed by atoms with E-state index in [1.807, 2.05) is 36.4 Å². The second kappa shape index (κ2) is 11.5. The van der Waals surface area contributed by atoms with Gasteiger partial charge >= 0.3 is 12.1 Å². The number of esters is 1. The van der Waals surface area contributed by atoms with E-state index in [9.17, 15) is 14.7 Å². The highest BCUT2D eigenvalue weighted by Crippen LogP contribution is 2.11. The number of alkyl carbamates (subject to hydrolysis) is 1. The van der Waals surface area contributed by atoms with E-state index in [1.165, 1.54) is 7.11 Å². The molecule has 2 aromatic carbocycles. The van der Waals surface area contributed by atoms with Crippen molar-refractivity contribution in [2.45, 2.75) is 51.5 Å². The first-order chi connectivity index (χ1) is 14.7. The van der Waals surface area contributed by atoms with E-state index in [-0.39, 0.29) is 6.54 Å². The Labute approximate surface area is 183 Å². The van der Waals surface area contributed by atoms with Crippen LogP contribution in [0.4, 0.5) is 4.79 Å². The zero-order valence-electron chi connectivity index (χ0n) is 18.6. The van der Waals surface area contributed by atoms with Gasteiger partial charge < -0.3 is 25.2 Å². The summed E-state index contributed by atoms with van der Waals surface area (Å²) in [5, 5.41) is 16.7. The van der Waals surface area contributed by atoms with Gasteiger partial charge in [0.25, 0.3) is 0 Å². The van der Waals surface area contributed by atoms with Crippen molar-refractivity contribution in [1.82, 2.24) is 10.6 Å². The summed E-state index contributed by atoms with van der Waals surface area (Å²) in [5.74, 6) is -0.397. The quantitative estimate of drug-likeness (QED) is 0.531. The van der Waals surface area contributed by atoms with Gasteiger partial charge in [-0.3, -0.25) is 0 Å². The number of carbonyl (C=O) groups is 2. The maximum atomic E-state index is 12.3. The lowest BCUT2D eigenvalue weighted by molar-refractivity contribution is 0.0422. The number of methoxy groups -OCH3 is 1. The fourth-order valence-electron chi connectivity index (χ4n) is 3.04. The third-order valence-corrected chi connectivity index (χ3v) is 4.50. The lowest BCUT2D eigenvalue weighted by atomic mass is 10.0. The first-order valence-corrected chi connectivity index (χ1v) is 10.3. The molecule has 0 radical (unpaired) electrons. The molecular formula is C24H32N2O5. The van der Waals surface area contributed by atoms with Crippen molar-refractivity contribution < 1.29 is 24.2 Å². The van der Waals surface area contributed by atoms with Crippen LogP contribution in [0, 0.1) is 0 Å². The van der Waals surface area contributed by atoms with Gasteiger partial charge in [0.05, 0.1) is 24.8 Å². The van der Waals surface area contributed by atoms with Crippen molar-refractivity contribution in [1.29, 1.82) is 0 Å². The van der Waals surface area contributed by atoms with E-state index in [1.54, 1.807) is 39.0 Å². The van der Waals surface area contributed by atoms with Gasteiger partial charge in [0, 0.05) is 13.1 Å². The van der Waals surface area contributed by atoms with Crippen molar-refractivity contribution in [2.24, 2.45) is 0 Å². The van der Waals surface area contributed by atoms with Crippen LogP contribution in [0.1, 0.15) is 42.3 Å². The normalized spacial score (nSPS) is 13.2. The summed E-state index contributed by atoms with van der Waals surface area (Å²) in [6.07, 6.45) is -0.962. The molecule has 7 nitrogen and oxygen atoms in total. The lowest BCUT2D eigenvalue weighted by Crippen LogP contribution is -2.49. The molecule has 2 unspecified atom stereocenters. The number of nitrogens with one attached hydrogen (secondary N) is 2. The predicted molar refractivity (Wildman–Crippen MR) is 119 cm³/mol. The van der Waals surface area contributed by atoms with Gasteiger partial charge in [0.1, 0.15) is 5.60 Å². The number of hydrogen-bond acceptors (Lipinski definition) is 6. The average molecular weight is 429 g/mol. The van der Waals surface area contributed by atoms with E-state index in [0.717, 1.165) is 11.1 Å². The number of benzene rings is 2. The fraction of sp³-hybridized carbons (Fsp3) is 0.417. The molecule has 31 heavy (non-hydrogen) atoms. The Morgan fingerprint density at radius 2 is 1.71 bits per heavy atom. The van der Waals surface area contributed by atoms with Crippen LogP contribution in [0.3, 0.4) is 0 Å². The van der Waals surface area contributed by atoms with Crippen LogP contribution in [-0.4, -0.2) is 48.6 Å². The van der Waals surface area contributed by atoms with Crippen LogP contribution in [0.15, 0.2) is 54.6 Å². The molecule has 0 saturated heterocycles. The van der Waals surface area contributed by atoms with Crippen molar-refractivity contribution in [3.8, 4) is 0 Å². The minimum Gasteiger partial charge on any atom is -0.465 e. The molecule has 1 amide bonds. The number of carbonyl (C=O) groups excluding carboxylic acids is 2. The van der Waals surface area contributed by atoms with E-state index in [0.29, 0.717) is 18.5 Å². The topological polar surface area (TPSA) is 96.9 Å². The minimum atomic E-state index is -0.850. The number of aliphatic hydroxyl groups is 1. The summed E-state index contributed by atoms with van der Waals surface area (Å²) in [6.45, 7) is 6.07. The molecule has 0 aliphatic rings. The van der Waals surface area contributed by atoms with Crippen molar-refractivity contribution in [3.05, 3.63) is 71.3 Å². The van der Waals surface area contributed by atoms with Crippen LogP contribution in [0.5, 0.6) is 0 Å². The molecule has 2 aromatic rings. The second-order valence-electron chi connectivity index (χ2n) is 8.33. The highest BCUT2D eigenvalue weighted by Gasteiger charge is 2.25. The van der Waals surface area contributed by atoms with E-state index in [4.69, 9.17) is 9.47 Å². The molecular weight excluding hydrogens is 396 g/mol. The Morgan fingerprint density at radius 3 is 2.35 bits per heavy atom. The molecule has 0 aliphatic heterocycles. The molecule has 0 fully saturated rings. The smallest absolute Gasteiger partial charge is 0.407 e. The summed E-state index contributed by atoms with van der Waals surface area (Å²) in [4.78, 5) is 24.0. The Morgan fingerprint density at radius 1 is 1.03 bits per heavy atom. The van der Waals surface area contributed by atoms with Crippen LogP contribution < -0.4 is 10.6 Å². The van der Waals surface area contributed by atoms with Crippen molar-refractivity contribution in [2.75, 3.05) is 13.7 Å². The molecule has 168 valence electrons. The number of amides is 1. The van der Waals surface area contributed by atoms with Crippen LogP contribution in [0.25, 0.3) is 0 Å². The third-order valence-electron chi connectivity index (χ3n) is 4.50. The predicted octanol–water partition coefficient (Wildman–Crippen LogP) is 3.06. The maximum absolute atomic E-state index is 12.3. The Hall–Kier alpha value is -2.90. The molecule has 0 saturated carbocycles. The molecule has 0 bridgehead atoms. The molecule has 0 aliphatic carbocycles. The molecule has 3 N–H and O–H groups in total. The van der Waals surface area contributed by atoms with E-state index >= 15 is 0 Å². The molecule has 0 heterocycles. The summed E-state index contributed by atoms with van der Waals surface area (Å²) in [5.41, 5.74) is 1.72. The largest absolute Gasteiger partial charge is 0.465 e. The van der Waals surface area contributed by atoms with Crippen molar-refractivity contribution >= 4 is 12.1 Å². The van der Waals surface area contributed by atoms with Gasteiger partial charge in [-0.1, -0.05) is 42.5 Å². The van der Waals surface area contributed by atoms with Crippen LogP contribution >= 0.6 is 0 Å².